The number of amides is 1. The van der Waals surface area contributed by atoms with Crippen molar-refractivity contribution >= 4 is 23.5 Å². The molecular formula is C20H19ClN4O. The van der Waals surface area contributed by atoms with Crippen LogP contribution in [0.2, 0.25) is 5.02 Å². The van der Waals surface area contributed by atoms with Gasteiger partial charge in [0.05, 0.1) is 0 Å². The first kappa shape index (κ1) is 17.9. The minimum absolute atomic E-state index is 0.234. The Morgan fingerprint density at radius 3 is 2.35 bits per heavy atom. The molecule has 2 aromatic carbocycles. The molecule has 5 nitrogen and oxygen atoms in total. The molecule has 132 valence electrons. The summed E-state index contributed by atoms with van der Waals surface area (Å²) in [5, 5.41) is 6.67. The number of anilines is 1. The van der Waals surface area contributed by atoms with Gasteiger partial charge in [-0.2, -0.15) is 0 Å². The van der Waals surface area contributed by atoms with Crippen LogP contribution in [0.15, 0.2) is 60.8 Å². The molecule has 1 amide bonds. The molecule has 0 aliphatic heterocycles. The second kappa shape index (κ2) is 8.45. The molecule has 1 aromatic heterocycles. The maximum atomic E-state index is 12.3. The van der Waals surface area contributed by atoms with Gasteiger partial charge in [-0.25, -0.2) is 9.97 Å². The van der Waals surface area contributed by atoms with Gasteiger partial charge in [-0.3, -0.25) is 4.79 Å². The van der Waals surface area contributed by atoms with Crippen molar-refractivity contribution in [3.8, 4) is 0 Å². The monoisotopic (exact) mass is 366 g/mol. The molecule has 0 saturated carbocycles. The third-order valence-electron chi connectivity index (χ3n) is 3.83. The molecule has 6 heteroatoms. The van der Waals surface area contributed by atoms with E-state index in [1.54, 1.807) is 12.3 Å². The van der Waals surface area contributed by atoms with Crippen molar-refractivity contribution in [1.29, 1.82) is 0 Å². The fraction of sp³-hybridized carbons (Fsp3) is 0.150. The maximum absolute atomic E-state index is 12.3. The Balaban J connectivity index is 1.58. The van der Waals surface area contributed by atoms with Crippen LogP contribution in [0.3, 0.4) is 0 Å². The van der Waals surface area contributed by atoms with Crippen molar-refractivity contribution in [3.05, 3.63) is 88.2 Å². The molecule has 2 N–H and O–H groups in total. The van der Waals surface area contributed by atoms with Crippen molar-refractivity contribution in [1.82, 2.24) is 15.3 Å². The summed E-state index contributed by atoms with van der Waals surface area (Å²) in [6.45, 7) is 3.03. The molecule has 0 bridgehead atoms. The van der Waals surface area contributed by atoms with E-state index in [0.29, 0.717) is 29.8 Å². The lowest BCUT2D eigenvalue weighted by Gasteiger charge is -2.08. The van der Waals surface area contributed by atoms with E-state index in [-0.39, 0.29) is 5.91 Å². The second-order valence-electron chi connectivity index (χ2n) is 5.91. The standard InChI is InChI=1S/C20H19ClN4O/c1-14-2-4-15(5-3-14)12-23-19(26)18-10-11-22-20(25-18)24-13-16-6-8-17(21)9-7-16/h2-11H,12-13H2,1H3,(H,23,26)(H,22,24,25). The summed E-state index contributed by atoms with van der Waals surface area (Å²) in [6, 6.07) is 17.1. The highest BCUT2D eigenvalue weighted by Crippen LogP contribution is 2.11. The van der Waals surface area contributed by atoms with Crippen LogP contribution in [0.25, 0.3) is 0 Å². The molecule has 1 heterocycles. The van der Waals surface area contributed by atoms with Gasteiger partial charge in [-0.1, -0.05) is 53.6 Å². The highest BCUT2D eigenvalue weighted by molar-refractivity contribution is 6.30. The van der Waals surface area contributed by atoms with Crippen LogP contribution in [-0.4, -0.2) is 15.9 Å². The molecule has 3 rings (SSSR count). The number of nitrogens with zero attached hydrogens (tertiary/aromatic N) is 2. The molecule has 0 atom stereocenters. The van der Waals surface area contributed by atoms with Gasteiger partial charge >= 0.3 is 0 Å². The average Bonchev–Trinajstić information content (AvgIpc) is 2.67. The molecule has 0 spiro atoms. The summed E-state index contributed by atoms with van der Waals surface area (Å²) in [7, 11) is 0. The lowest BCUT2D eigenvalue weighted by Crippen LogP contribution is -2.24. The van der Waals surface area contributed by atoms with Gasteiger partial charge in [0.2, 0.25) is 5.95 Å². The van der Waals surface area contributed by atoms with Crippen LogP contribution in [0.1, 0.15) is 27.2 Å². The summed E-state index contributed by atoms with van der Waals surface area (Å²) in [4.78, 5) is 20.7. The zero-order valence-corrected chi connectivity index (χ0v) is 15.1. The van der Waals surface area contributed by atoms with Gasteiger partial charge in [-0.05, 0) is 36.2 Å². The number of nitrogens with one attached hydrogen (secondary N) is 2. The van der Waals surface area contributed by atoms with Crippen molar-refractivity contribution < 1.29 is 4.79 Å². The van der Waals surface area contributed by atoms with Gasteiger partial charge in [0, 0.05) is 24.3 Å². The molecule has 0 aliphatic rings. The van der Waals surface area contributed by atoms with E-state index in [9.17, 15) is 4.79 Å². The van der Waals surface area contributed by atoms with E-state index in [1.807, 2.05) is 55.5 Å². The Labute approximate surface area is 157 Å². The first-order valence-corrected chi connectivity index (χ1v) is 8.63. The predicted octanol–water partition coefficient (Wildman–Crippen LogP) is 3.98. The van der Waals surface area contributed by atoms with Gasteiger partial charge < -0.3 is 10.6 Å². The smallest absolute Gasteiger partial charge is 0.270 e. The number of carbonyl (C=O) groups is 1. The highest BCUT2D eigenvalue weighted by atomic mass is 35.5. The molecule has 0 aliphatic carbocycles. The number of rotatable bonds is 6. The van der Waals surface area contributed by atoms with Crippen LogP contribution in [-0.2, 0) is 13.1 Å². The Morgan fingerprint density at radius 1 is 0.962 bits per heavy atom. The van der Waals surface area contributed by atoms with Gasteiger partial charge in [0.25, 0.3) is 5.91 Å². The van der Waals surface area contributed by atoms with Crippen molar-refractivity contribution in [2.45, 2.75) is 20.0 Å². The van der Waals surface area contributed by atoms with Crippen molar-refractivity contribution in [2.75, 3.05) is 5.32 Å². The van der Waals surface area contributed by atoms with E-state index >= 15 is 0 Å². The van der Waals surface area contributed by atoms with Gasteiger partial charge in [0.1, 0.15) is 5.69 Å². The Hall–Kier alpha value is -2.92. The van der Waals surface area contributed by atoms with Gasteiger partial charge in [-0.15, -0.1) is 0 Å². The number of hydrogen-bond donors (Lipinski definition) is 2. The zero-order valence-electron chi connectivity index (χ0n) is 14.4. The fourth-order valence-corrected chi connectivity index (χ4v) is 2.46. The van der Waals surface area contributed by atoms with E-state index < -0.39 is 0 Å². The van der Waals surface area contributed by atoms with Crippen molar-refractivity contribution in [3.63, 3.8) is 0 Å². The Morgan fingerprint density at radius 2 is 1.62 bits per heavy atom. The minimum Gasteiger partial charge on any atom is -0.350 e. The van der Waals surface area contributed by atoms with E-state index in [2.05, 4.69) is 20.6 Å². The lowest BCUT2D eigenvalue weighted by molar-refractivity contribution is 0.0946. The molecule has 0 radical (unpaired) electrons. The van der Waals surface area contributed by atoms with Crippen LogP contribution in [0.4, 0.5) is 5.95 Å². The SMILES string of the molecule is Cc1ccc(CNC(=O)c2ccnc(NCc3ccc(Cl)cc3)n2)cc1. The summed E-state index contributed by atoms with van der Waals surface area (Å²) in [5.41, 5.74) is 3.60. The number of halogens is 1. The Kier molecular flexibility index (Phi) is 5.81. The quantitative estimate of drug-likeness (QED) is 0.692. The maximum Gasteiger partial charge on any atom is 0.270 e. The summed E-state index contributed by atoms with van der Waals surface area (Å²) in [5.74, 6) is 0.172. The van der Waals surface area contributed by atoms with E-state index in [4.69, 9.17) is 11.6 Å². The predicted molar refractivity (Wildman–Crippen MR) is 103 cm³/mol. The molecule has 0 saturated heterocycles. The topological polar surface area (TPSA) is 66.9 Å². The number of hydrogen-bond acceptors (Lipinski definition) is 4. The summed E-state index contributed by atoms with van der Waals surface area (Å²) < 4.78 is 0. The zero-order chi connectivity index (χ0) is 18.4. The Bertz CT molecular complexity index is 879. The number of carbonyl (C=O) groups excluding carboxylic acids is 1. The molecule has 26 heavy (non-hydrogen) atoms. The van der Waals surface area contributed by atoms with E-state index in [1.165, 1.54) is 5.56 Å². The first-order valence-electron chi connectivity index (χ1n) is 8.25. The third kappa shape index (κ3) is 5.04. The molecule has 0 unspecified atom stereocenters. The van der Waals surface area contributed by atoms with Crippen LogP contribution >= 0.6 is 11.6 Å². The largest absolute Gasteiger partial charge is 0.350 e. The van der Waals surface area contributed by atoms with Crippen LogP contribution in [0.5, 0.6) is 0 Å². The summed E-state index contributed by atoms with van der Waals surface area (Å²) >= 11 is 5.88. The average molecular weight is 367 g/mol. The number of aromatic nitrogens is 2. The normalized spacial score (nSPS) is 10.4. The number of aryl methyl sites for hydroxylation is 1. The first-order chi connectivity index (χ1) is 12.6. The summed E-state index contributed by atoms with van der Waals surface area (Å²) in [6.07, 6.45) is 1.57. The molecule has 0 fully saturated rings. The minimum atomic E-state index is -0.234. The molecular weight excluding hydrogens is 348 g/mol. The molecule has 3 aromatic rings. The lowest BCUT2D eigenvalue weighted by atomic mass is 10.1. The highest BCUT2D eigenvalue weighted by Gasteiger charge is 2.08. The van der Waals surface area contributed by atoms with Gasteiger partial charge in [0.15, 0.2) is 0 Å². The van der Waals surface area contributed by atoms with Crippen LogP contribution < -0.4 is 10.6 Å². The second-order valence-corrected chi connectivity index (χ2v) is 6.35. The third-order valence-corrected chi connectivity index (χ3v) is 4.08. The van der Waals surface area contributed by atoms with Crippen molar-refractivity contribution in [2.24, 2.45) is 0 Å². The van der Waals surface area contributed by atoms with Crippen LogP contribution in [0, 0.1) is 6.92 Å². The number of benzene rings is 2. The van der Waals surface area contributed by atoms with E-state index in [0.717, 1.165) is 11.1 Å². The fourth-order valence-electron chi connectivity index (χ4n) is 2.33.